The van der Waals surface area contributed by atoms with Crippen molar-refractivity contribution in [2.24, 2.45) is 13.0 Å². The molecule has 1 aliphatic rings. The highest BCUT2D eigenvalue weighted by molar-refractivity contribution is 7.89. The number of nitrogens with one attached hydrogen (secondary N) is 1. The molecule has 1 saturated heterocycles. The molecular formula is C15H22N6O2S. The molecule has 0 spiro atoms. The topological polar surface area (TPSA) is 93.0 Å². The molecule has 2 aromatic heterocycles. The van der Waals surface area contributed by atoms with Crippen LogP contribution in [0, 0.1) is 5.92 Å². The average Bonchev–Trinajstić information content (AvgIpc) is 3.03. The molecular weight excluding hydrogens is 328 g/mol. The quantitative estimate of drug-likeness (QED) is 0.861. The number of anilines is 1. The van der Waals surface area contributed by atoms with Gasteiger partial charge in [-0.1, -0.05) is 0 Å². The van der Waals surface area contributed by atoms with Crippen LogP contribution in [0.3, 0.4) is 0 Å². The van der Waals surface area contributed by atoms with Crippen LogP contribution >= 0.6 is 0 Å². The number of hydrogen-bond acceptors (Lipinski definition) is 6. The summed E-state index contributed by atoms with van der Waals surface area (Å²) in [6.07, 6.45) is 8.89. The standard InChI is InChI=1S/C15H22N6O2S/c1-16-15-13(17-5-6-18-15)8-12-4-3-7-21(9-12)24(22,23)14-10-20(2)11-19-14/h5-6,10-12H,3-4,7-9H2,1-2H3,(H,16,18)/t12-/m0/s1. The van der Waals surface area contributed by atoms with Gasteiger partial charge in [0, 0.05) is 45.8 Å². The third-order valence-corrected chi connectivity index (χ3v) is 6.01. The van der Waals surface area contributed by atoms with E-state index in [2.05, 4.69) is 20.3 Å². The summed E-state index contributed by atoms with van der Waals surface area (Å²) < 4.78 is 28.6. The van der Waals surface area contributed by atoms with Gasteiger partial charge in [0.25, 0.3) is 10.0 Å². The Kier molecular flexibility index (Phi) is 4.81. The summed E-state index contributed by atoms with van der Waals surface area (Å²) in [5.74, 6) is 0.975. The minimum absolute atomic E-state index is 0.112. The molecule has 0 amide bonds. The van der Waals surface area contributed by atoms with E-state index in [0.717, 1.165) is 24.4 Å². The van der Waals surface area contributed by atoms with E-state index in [1.807, 2.05) is 7.05 Å². The lowest BCUT2D eigenvalue weighted by Gasteiger charge is -2.31. The number of nitrogens with zero attached hydrogens (tertiary/aromatic N) is 5. The number of aryl methyl sites for hydroxylation is 1. The van der Waals surface area contributed by atoms with Gasteiger partial charge in [-0.25, -0.2) is 18.4 Å². The Labute approximate surface area is 142 Å². The molecule has 130 valence electrons. The van der Waals surface area contributed by atoms with Crippen molar-refractivity contribution in [2.75, 3.05) is 25.5 Å². The second-order valence-electron chi connectivity index (χ2n) is 6.05. The van der Waals surface area contributed by atoms with Crippen LogP contribution in [0.2, 0.25) is 0 Å². The van der Waals surface area contributed by atoms with E-state index < -0.39 is 10.0 Å². The molecule has 3 heterocycles. The van der Waals surface area contributed by atoms with Gasteiger partial charge in [-0.3, -0.25) is 4.98 Å². The molecule has 24 heavy (non-hydrogen) atoms. The second kappa shape index (κ2) is 6.86. The van der Waals surface area contributed by atoms with E-state index in [1.165, 1.54) is 6.33 Å². The van der Waals surface area contributed by atoms with E-state index in [0.29, 0.717) is 19.5 Å². The monoisotopic (exact) mass is 350 g/mol. The molecule has 8 nitrogen and oxygen atoms in total. The van der Waals surface area contributed by atoms with Gasteiger partial charge >= 0.3 is 0 Å². The first kappa shape index (κ1) is 16.8. The molecule has 1 atom stereocenters. The van der Waals surface area contributed by atoms with E-state index in [4.69, 9.17) is 0 Å². The number of aromatic nitrogens is 4. The SMILES string of the molecule is CNc1nccnc1C[C@@H]1CCCN(S(=O)(=O)c2cn(C)cn2)C1. The second-order valence-corrected chi connectivity index (χ2v) is 7.94. The van der Waals surface area contributed by atoms with Crippen LogP contribution in [0.4, 0.5) is 5.82 Å². The number of piperidine rings is 1. The van der Waals surface area contributed by atoms with Gasteiger partial charge < -0.3 is 9.88 Å². The third kappa shape index (κ3) is 3.41. The lowest BCUT2D eigenvalue weighted by atomic mass is 9.94. The highest BCUT2D eigenvalue weighted by atomic mass is 32.2. The van der Waals surface area contributed by atoms with Crippen LogP contribution in [-0.2, 0) is 23.5 Å². The molecule has 9 heteroatoms. The summed E-state index contributed by atoms with van der Waals surface area (Å²) in [5.41, 5.74) is 0.877. The predicted octanol–water partition coefficient (Wildman–Crippen LogP) is 0.895. The number of sulfonamides is 1. The fourth-order valence-electron chi connectivity index (χ4n) is 3.06. The third-order valence-electron chi connectivity index (χ3n) is 4.26. The summed E-state index contributed by atoms with van der Waals surface area (Å²) >= 11 is 0. The molecule has 1 N–H and O–H groups in total. The Hall–Kier alpha value is -2.00. The van der Waals surface area contributed by atoms with Crippen molar-refractivity contribution in [2.45, 2.75) is 24.3 Å². The smallest absolute Gasteiger partial charge is 0.262 e. The van der Waals surface area contributed by atoms with Crippen molar-refractivity contribution in [3.63, 3.8) is 0 Å². The highest BCUT2D eigenvalue weighted by Gasteiger charge is 2.32. The Morgan fingerprint density at radius 3 is 2.79 bits per heavy atom. The van der Waals surface area contributed by atoms with E-state index in [9.17, 15) is 8.42 Å². The summed E-state index contributed by atoms with van der Waals surface area (Å²) in [6.45, 7) is 1.02. The lowest BCUT2D eigenvalue weighted by Crippen LogP contribution is -2.40. The molecule has 3 rings (SSSR count). The van der Waals surface area contributed by atoms with Crippen LogP contribution in [0.25, 0.3) is 0 Å². The van der Waals surface area contributed by atoms with Gasteiger partial charge in [-0.2, -0.15) is 4.31 Å². The van der Waals surface area contributed by atoms with E-state index in [1.54, 1.807) is 34.5 Å². The van der Waals surface area contributed by atoms with Crippen LogP contribution in [0.15, 0.2) is 29.9 Å². The van der Waals surface area contributed by atoms with Gasteiger partial charge in [0.05, 0.1) is 12.0 Å². The zero-order valence-electron chi connectivity index (χ0n) is 13.9. The van der Waals surface area contributed by atoms with Crippen molar-refractivity contribution in [3.8, 4) is 0 Å². The van der Waals surface area contributed by atoms with Gasteiger partial charge in [0.2, 0.25) is 0 Å². The molecule has 1 aliphatic heterocycles. The Balaban J connectivity index is 1.75. The molecule has 0 bridgehead atoms. The summed E-state index contributed by atoms with van der Waals surface area (Å²) in [7, 11) is 0.0416. The summed E-state index contributed by atoms with van der Waals surface area (Å²) in [4.78, 5) is 12.6. The van der Waals surface area contributed by atoms with Gasteiger partial charge in [-0.15, -0.1) is 0 Å². The van der Waals surface area contributed by atoms with Gasteiger partial charge in [0.15, 0.2) is 5.03 Å². The molecule has 0 radical (unpaired) electrons. The maximum absolute atomic E-state index is 12.7. The fourth-order valence-corrected chi connectivity index (χ4v) is 4.59. The Bertz CT molecular complexity index is 804. The van der Waals surface area contributed by atoms with Crippen molar-refractivity contribution in [1.82, 2.24) is 23.8 Å². The predicted molar refractivity (Wildman–Crippen MR) is 90.0 cm³/mol. The zero-order chi connectivity index (χ0) is 17.2. The zero-order valence-corrected chi connectivity index (χ0v) is 14.7. The minimum atomic E-state index is -3.53. The first-order valence-corrected chi connectivity index (χ1v) is 9.40. The maximum Gasteiger partial charge on any atom is 0.262 e. The first-order chi connectivity index (χ1) is 11.5. The largest absolute Gasteiger partial charge is 0.372 e. The fraction of sp³-hybridized carbons (Fsp3) is 0.533. The van der Waals surface area contributed by atoms with E-state index in [-0.39, 0.29) is 10.9 Å². The Morgan fingerprint density at radius 1 is 1.29 bits per heavy atom. The summed E-state index contributed by atoms with van der Waals surface area (Å²) in [6, 6.07) is 0. The maximum atomic E-state index is 12.7. The molecule has 0 unspecified atom stereocenters. The number of hydrogen-bond donors (Lipinski definition) is 1. The van der Waals surface area contributed by atoms with Crippen LogP contribution in [0.1, 0.15) is 18.5 Å². The molecule has 1 fully saturated rings. The molecule has 2 aromatic rings. The normalized spacial score (nSPS) is 19.3. The molecule has 0 aromatic carbocycles. The average molecular weight is 350 g/mol. The van der Waals surface area contributed by atoms with Crippen molar-refractivity contribution in [1.29, 1.82) is 0 Å². The first-order valence-electron chi connectivity index (χ1n) is 7.96. The number of rotatable bonds is 5. The van der Waals surface area contributed by atoms with Crippen LogP contribution in [0.5, 0.6) is 0 Å². The molecule has 0 aliphatic carbocycles. The van der Waals surface area contributed by atoms with Crippen molar-refractivity contribution < 1.29 is 8.42 Å². The lowest BCUT2D eigenvalue weighted by molar-refractivity contribution is 0.264. The minimum Gasteiger partial charge on any atom is -0.372 e. The van der Waals surface area contributed by atoms with Crippen LogP contribution in [-0.4, -0.2) is 52.4 Å². The van der Waals surface area contributed by atoms with E-state index >= 15 is 0 Å². The Morgan fingerprint density at radius 2 is 2.08 bits per heavy atom. The molecule has 0 saturated carbocycles. The van der Waals surface area contributed by atoms with Crippen LogP contribution < -0.4 is 5.32 Å². The summed E-state index contributed by atoms with van der Waals surface area (Å²) in [5, 5.41) is 3.15. The van der Waals surface area contributed by atoms with Crippen molar-refractivity contribution in [3.05, 3.63) is 30.6 Å². The van der Waals surface area contributed by atoms with Gasteiger partial charge in [0.1, 0.15) is 5.82 Å². The van der Waals surface area contributed by atoms with Gasteiger partial charge in [-0.05, 0) is 25.2 Å². The van der Waals surface area contributed by atoms with Crippen molar-refractivity contribution >= 4 is 15.8 Å². The highest BCUT2D eigenvalue weighted by Crippen LogP contribution is 2.26. The number of imidazole rings is 1.